The first-order valence-electron chi connectivity index (χ1n) is 14.0. The first-order chi connectivity index (χ1) is 18.0. The summed E-state index contributed by atoms with van der Waals surface area (Å²) in [7, 11) is 0. The Morgan fingerprint density at radius 2 is 1.26 bits per heavy atom. The highest BCUT2D eigenvalue weighted by atomic mass is 16.7. The summed E-state index contributed by atoms with van der Waals surface area (Å²) in [4.78, 5) is 49.4. The molecule has 0 saturated carbocycles. The molecule has 0 radical (unpaired) electrons. The van der Waals surface area contributed by atoms with Crippen LogP contribution in [0.1, 0.15) is 99.8 Å². The second-order valence-corrected chi connectivity index (χ2v) is 9.98. The van der Waals surface area contributed by atoms with E-state index in [-0.39, 0.29) is 6.61 Å². The fraction of sp³-hybridized carbons (Fsp3) is 0.857. The molecule has 0 unspecified atom stereocenters. The molecular formula is C28H48O10. The highest BCUT2D eigenvalue weighted by molar-refractivity contribution is 5.73. The Balaban J connectivity index is 3.28. The molecule has 1 aliphatic rings. The molecule has 1 aliphatic heterocycles. The predicted molar refractivity (Wildman–Crippen MR) is 139 cm³/mol. The summed E-state index contributed by atoms with van der Waals surface area (Å²) in [5, 5.41) is 0. The highest BCUT2D eigenvalue weighted by Crippen LogP contribution is 2.31. The topological polar surface area (TPSA) is 124 Å². The molecule has 0 aromatic rings. The van der Waals surface area contributed by atoms with E-state index in [0.29, 0.717) is 19.4 Å². The summed E-state index contributed by atoms with van der Waals surface area (Å²) in [6, 6.07) is 0. The van der Waals surface area contributed by atoms with Crippen LogP contribution in [-0.2, 0) is 47.6 Å². The Morgan fingerprint density at radius 3 is 1.79 bits per heavy atom. The Morgan fingerprint density at radius 1 is 0.711 bits per heavy atom. The third-order valence-corrected chi connectivity index (χ3v) is 6.66. The van der Waals surface area contributed by atoms with Crippen molar-refractivity contribution in [3.8, 4) is 0 Å². The molecule has 0 aliphatic carbocycles. The summed E-state index contributed by atoms with van der Waals surface area (Å²) in [6.45, 7) is 11.8. The van der Waals surface area contributed by atoms with Crippen molar-refractivity contribution in [1.29, 1.82) is 0 Å². The fourth-order valence-electron chi connectivity index (χ4n) is 3.86. The van der Waals surface area contributed by atoms with Crippen LogP contribution >= 0.6 is 0 Å². The quantitative estimate of drug-likeness (QED) is 0.147. The van der Waals surface area contributed by atoms with Crippen LogP contribution < -0.4 is 0 Å². The van der Waals surface area contributed by atoms with Gasteiger partial charge in [0.05, 0.1) is 11.8 Å². The molecule has 0 N–H and O–H groups in total. The van der Waals surface area contributed by atoms with Gasteiger partial charge in [-0.3, -0.25) is 19.2 Å². The molecule has 1 heterocycles. The van der Waals surface area contributed by atoms with Gasteiger partial charge in [-0.1, -0.05) is 66.7 Å². The number of ether oxygens (including phenoxy) is 6. The molecule has 10 nitrogen and oxygen atoms in total. The summed E-state index contributed by atoms with van der Waals surface area (Å²) in [6.07, 6.45) is 1.58. The lowest BCUT2D eigenvalue weighted by Gasteiger charge is -2.44. The van der Waals surface area contributed by atoms with Crippen molar-refractivity contribution < 1.29 is 47.6 Å². The van der Waals surface area contributed by atoms with Crippen LogP contribution in [0.5, 0.6) is 0 Å². The third-order valence-electron chi connectivity index (χ3n) is 6.66. The molecule has 0 aromatic heterocycles. The van der Waals surface area contributed by atoms with E-state index in [0.717, 1.165) is 32.1 Å². The molecular weight excluding hydrogens is 496 g/mol. The lowest BCUT2D eigenvalue weighted by Crippen LogP contribution is -2.63. The largest absolute Gasteiger partial charge is 0.463 e. The Labute approximate surface area is 227 Å². The van der Waals surface area contributed by atoms with Gasteiger partial charge in [0, 0.05) is 20.5 Å². The number of carbonyl (C=O) groups is 4. The molecule has 1 saturated heterocycles. The number of carbonyl (C=O) groups excluding carboxylic acids is 4. The lowest BCUT2D eigenvalue weighted by atomic mass is 9.97. The normalized spacial score (nSPS) is 24.7. The maximum Gasteiger partial charge on any atom is 0.309 e. The Hall–Kier alpha value is -2.20. The van der Waals surface area contributed by atoms with Gasteiger partial charge in [0.2, 0.25) is 0 Å². The Kier molecular flexibility index (Phi) is 16.2. The van der Waals surface area contributed by atoms with Gasteiger partial charge < -0.3 is 28.4 Å². The minimum Gasteiger partial charge on any atom is -0.463 e. The van der Waals surface area contributed by atoms with Gasteiger partial charge in [-0.05, 0) is 19.3 Å². The van der Waals surface area contributed by atoms with E-state index in [1.165, 1.54) is 20.3 Å². The second-order valence-electron chi connectivity index (χ2n) is 9.98. The van der Waals surface area contributed by atoms with Crippen molar-refractivity contribution in [2.75, 3.05) is 13.2 Å². The van der Waals surface area contributed by atoms with E-state index in [1.807, 2.05) is 13.8 Å². The SMILES string of the molecule is CCCCCCCCO[C@@H]1O[C@H](COC(C)=O)[C@@H](OC(=O)[C@H](C)CC)[C@H](OC(=O)[C@H](C)CC)[C@H]1OC(C)=O. The molecule has 0 bridgehead atoms. The second kappa shape index (κ2) is 18.2. The van der Waals surface area contributed by atoms with Crippen LogP contribution in [0.25, 0.3) is 0 Å². The van der Waals surface area contributed by atoms with Gasteiger partial charge in [-0.25, -0.2) is 0 Å². The van der Waals surface area contributed by atoms with Crippen molar-refractivity contribution in [3.05, 3.63) is 0 Å². The molecule has 7 atom stereocenters. The van der Waals surface area contributed by atoms with Gasteiger partial charge in [-0.15, -0.1) is 0 Å². The molecule has 0 amide bonds. The van der Waals surface area contributed by atoms with E-state index in [2.05, 4.69) is 6.92 Å². The molecule has 38 heavy (non-hydrogen) atoms. The predicted octanol–water partition coefficient (Wildman–Crippen LogP) is 4.50. The maximum absolute atomic E-state index is 12.9. The van der Waals surface area contributed by atoms with E-state index in [9.17, 15) is 19.2 Å². The number of hydrogen-bond donors (Lipinski definition) is 0. The van der Waals surface area contributed by atoms with Crippen LogP contribution in [0.15, 0.2) is 0 Å². The third kappa shape index (κ3) is 11.7. The minimum absolute atomic E-state index is 0.269. The fourth-order valence-corrected chi connectivity index (χ4v) is 3.86. The molecule has 220 valence electrons. The summed E-state index contributed by atoms with van der Waals surface area (Å²) in [5.41, 5.74) is 0. The van der Waals surface area contributed by atoms with E-state index >= 15 is 0 Å². The zero-order valence-corrected chi connectivity index (χ0v) is 24.2. The van der Waals surface area contributed by atoms with Crippen LogP contribution in [0, 0.1) is 11.8 Å². The van der Waals surface area contributed by atoms with Gasteiger partial charge in [0.1, 0.15) is 12.7 Å². The molecule has 1 fully saturated rings. The molecule has 10 heteroatoms. The summed E-state index contributed by atoms with van der Waals surface area (Å²) in [5.74, 6) is -3.16. The summed E-state index contributed by atoms with van der Waals surface area (Å²) < 4.78 is 34.4. The average Bonchev–Trinajstić information content (AvgIpc) is 2.88. The standard InChI is InChI=1S/C28H48O10/c1-8-11-12-13-14-15-16-33-28-25(35-21(7)30)24(38-27(32)19(5)10-3)23(37-26(31)18(4)9-2)22(36-28)17-34-20(6)29/h18-19,22-25,28H,8-17H2,1-7H3/t18-,19-,22-,23-,24+,25-,28-/m1/s1. The molecule has 0 aromatic carbocycles. The van der Waals surface area contributed by atoms with Crippen molar-refractivity contribution in [1.82, 2.24) is 0 Å². The van der Waals surface area contributed by atoms with Crippen molar-refractivity contribution in [2.45, 2.75) is 131 Å². The maximum atomic E-state index is 12.9. The monoisotopic (exact) mass is 544 g/mol. The van der Waals surface area contributed by atoms with Crippen LogP contribution in [-0.4, -0.2) is 67.8 Å². The van der Waals surface area contributed by atoms with Gasteiger partial charge in [-0.2, -0.15) is 0 Å². The van der Waals surface area contributed by atoms with Crippen LogP contribution in [0.4, 0.5) is 0 Å². The minimum atomic E-state index is -1.22. The average molecular weight is 545 g/mol. The van der Waals surface area contributed by atoms with Crippen molar-refractivity contribution in [3.63, 3.8) is 0 Å². The molecule has 1 rings (SSSR count). The van der Waals surface area contributed by atoms with Crippen molar-refractivity contribution >= 4 is 23.9 Å². The van der Waals surface area contributed by atoms with Gasteiger partial charge in [0.15, 0.2) is 24.6 Å². The van der Waals surface area contributed by atoms with E-state index < -0.39 is 66.4 Å². The van der Waals surface area contributed by atoms with E-state index in [4.69, 9.17) is 28.4 Å². The Bertz CT molecular complexity index is 739. The van der Waals surface area contributed by atoms with Crippen LogP contribution in [0.3, 0.4) is 0 Å². The van der Waals surface area contributed by atoms with Gasteiger partial charge in [0.25, 0.3) is 0 Å². The molecule has 0 spiro atoms. The number of hydrogen-bond acceptors (Lipinski definition) is 10. The zero-order chi connectivity index (χ0) is 28.7. The van der Waals surface area contributed by atoms with E-state index in [1.54, 1.807) is 13.8 Å². The zero-order valence-electron chi connectivity index (χ0n) is 24.2. The summed E-state index contributed by atoms with van der Waals surface area (Å²) >= 11 is 0. The van der Waals surface area contributed by atoms with Crippen LogP contribution in [0.2, 0.25) is 0 Å². The number of unbranched alkanes of at least 4 members (excludes halogenated alkanes) is 5. The highest BCUT2D eigenvalue weighted by Gasteiger charge is 2.53. The first-order valence-corrected chi connectivity index (χ1v) is 14.0. The number of esters is 4. The smallest absolute Gasteiger partial charge is 0.309 e. The number of rotatable bonds is 17. The van der Waals surface area contributed by atoms with Gasteiger partial charge >= 0.3 is 23.9 Å². The van der Waals surface area contributed by atoms with Crippen molar-refractivity contribution in [2.24, 2.45) is 11.8 Å². The first kappa shape index (κ1) is 33.8. The lowest BCUT2D eigenvalue weighted by molar-refractivity contribution is -0.309.